The van der Waals surface area contributed by atoms with Crippen LogP contribution in [0.25, 0.3) is 0 Å². The van der Waals surface area contributed by atoms with Crippen molar-refractivity contribution in [3.63, 3.8) is 0 Å². The van der Waals surface area contributed by atoms with Crippen molar-refractivity contribution in [3.8, 4) is 5.75 Å². The lowest BCUT2D eigenvalue weighted by Crippen LogP contribution is -2.43. The maximum atomic E-state index is 12.0. The molecule has 0 bridgehead atoms. The highest BCUT2D eigenvalue weighted by Crippen LogP contribution is 2.29. The summed E-state index contributed by atoms with van der Waals surface area (Å²) in [7, 11) is 1.37. The number of anilines is 1. The molecule has 1 saturated heterocycles. The average molecular weight is 316 g/mol. The third kappa shape index (κ3) is 4.30. The van der Waals surface area contributed by atoms with Gasteiger partial charge in [0, 0.05) is 11.8 Å². The number of hydrogen-bond acceptors (Lipinski definition) is 5. The molecule has 0 saturated carbocycles. The highest BCUT2D eigenvalue weighted by Gasteiger charge is 2.22. The SMILES string of the molecule is COc1ccc(NC(=O)C2CCCCN2)cc1[N+](=O)[O-].Cl. The Kier molecular flexibility index (Phi) is 6.39. The van der Waals surface area contributed by atoms with Crippen LogP contribution in [0.1, 0.15) is 19.3 Å². The molecule has 1 amide bonds. The van der Waals surface area contributed by atoms with Crippen molar-refractivity contribution >= 4 is 29.7 Å². The van der Waals surface area contributed by atoms with Crippen molar-refractivity contribution in [1.29, 1.82) is 0 Å². The van der Waals surface area contributed by atoms with Crippen LogP contribution in [-0.4, -0.2) is 30.5 Å². The molecule has 1 unspecified atom stereocenters. The van der Waals surface area contributed by atoms with E-state index in [1.54, 1.807) is 6.07 Å². The molecule has 1 aromatic carbocycles. The topological polar surface area (TPSA) is 93.5 Å². The van der Waals surface area contributed by atoms with Gasteiger partial charge in [0.2, 0.25) is 5.91 Å². The molecule has 8 heteroatoms. The number of ether oxygens (including phenoxy) is 1. The Labute approximate surface area is 128 Å². The average Bonchev–Trinajstić information content (AvgIpc) is 2.48. The van der Waals surface area contributed by atoms with E-state index in [2.05, 4.69) is 10.6 Å². The van der Waals surface area contributed by atoms with Gasteiger partial charge in [-0.15, -0.1) is 12.4 Å². The van der Waals surface area contributed by atoms with E-state index in [0.717, 1.165) is 25.8 Å². The molecule has 0 aromatic heterocycles. The largest absolute Gasteiger partial charge is 0.490 e. The molecule has 1 heterocycles. The Bertz CT molecular complexity index is 518. The number of rotatable bonds is 4. The quantitative estimate of drug-likeness (QED) is 0.655. The molecule has 1 aromatic rings. The van der Waals surface area contributed by atoms with Crippen molar-refractivity contribution in [2.45, 2.75) is 25.3 Å². The van der Waals surface area contributed by atoms with Crippen LogP contribution in [0.4, 0.5) is 11.4 Å². The Morgan fingerprint density at radius 1 is 1.48 bits per heavy atom. The molecule has 1 fully saturated rings. The third-order valence-electron chi connectivity index (χ3n) is 3.27. The molecule has 7 nitrogen and oxygen atoms in total. The lowest BCUT2D eigenvalue weighted by molar-refractivity contribution is -0.385. The molecule has 21 heavy (non-hydrogen) atoms. The van der Waals surface area contributed by atoms with Gasteiger partial charge in [-0.05, 0) is 31.5 Å². The summed E-state index contributed by atoms with van der Waals surface area (Å²) >= 11 is 0. The van der Waals surface area contributed by atoms with E-state index in [4.69, 9.17) is 4.74 Å². The van der Waals surface area contributed by atoms with Crippen molar-refractivity contribution in [2.24, 2.45) is 0 Å². The van der Waals surface area contributed by atoms with Crippen LogP contribution in [0.2, 0.25) is 0 Å². The van der Waals surface area contributed by atoms with Gasteiger partial charge in [0.05, 0.1) is 18.1 Å². The molecule has 2 N–H and O–H groups in total. The number of methoxy groups -OCH3 is 1. The van der Waals surface area contributed by atoms with Crippen LogP contribution >= 0.6 is 12.4 Å². The van der Waals surface area contributed by atoms with Crippen LogP contribution in [0.15, 0.2) is 18.2 Å². The fraction of sp³-hybridized carbons (Fsp3) is 0.462. The van der Waals surface area contributed by atoms with Gasteiger partial charge in [0.15, 0.2) is 5.75 Å². The van der Waals surface area contributed by atoms with Crippen LogP contribution in [0, 0.1) is 10.1 Å². The molecule has 1 aliphatic rings. The molecule has 0 aliphatic carbocycles. The number of hydrogen-bond donors (Lipinski definition) is 2. The summed E-state index contributed by atoms with van der Waals surface area (Å²) in [6, 6.07) is 4.14. The summed E-state index contributed by atoms with van der Waals surface area (Å²) in [6.45, 7) is 0.820. The number of nitrogens with one attached hydrogen (secondary N) is 2. The van der Waals surface area contributed by atoms with Crippen molar-refractivity contribution in [2.75, 3.05) is 19.0 Å². The number of halogens is 1. The number of carbonyl (C=O) groups excluding carboxylic acids is 1. The fourth-order valence-corrected chi connectivity index (χ4v) is 2.22. The summed E-state index contributed by atoms with van der Waals surface area (Å²) in [6.07, 6.45) is 2.86. The summed E-state index contributed by atoms with van der Waals surface area (Å²) in [4.78, 5) is 22.4. The maximum absolute atomic E-state index is 12.0. The van der Waals surface area contributed by atoms with Crippen molar-refractivity contribution in [3.05, 3.63) is 28.3 Å². The minimum absolute atomic E-state index is 0. The first-order valence-corrected chi connectivity index (χ1v) is 6.48. The van der Waals surface area contributed by atoms with Gasteiger partial charge in [-0.1, -0.05) is 6.42 Å². The summed E-state index contributed by atoms with van der Waals surface area (Å²) in [5, 5.41) is 16.7. The molecular formula is C13H18ClN3O4. The van der Waals surface area contributed by atoms with E-state index >= 15 is 0 Å². The molecule has 116 valence electrons. The third-order valence-corrected chi connectivity index (χ3v) is 3.27. The van der Waals surface area contributed by atoms with Crippen LogP contribution in [0.3, 0.4) is 0 Å². The number of amides is 1. The summed E-state index contributed by atoms with van der Waals surface area (Å²) < 4.78 is 4.92. The van der Waals surface area contributed by atoms with E-state index in [1.165, 1.54) is 19.2 Å². The van der Waals surface area contributed by atoms with Gasteiger partial charge >= 0.3 is 5.69 Å². The lowest BCUT2D eigenvalue weighted by Gasteiger charge is -2.22. The smallest absolute Gasteiger partial charge is 0.312 e. The molecule has 2 rings (SSSR count). The molecular weight excluding hydrogens is 298 g/mol. The molecule has 0 radical (unpaired) electrons. The molecule has 1 aliphatic heterocycles. The monoisotopic (exact) mass is 315 g/mol. The predicted octanol–water partition coefficient (Wildman–Crippen LogP) is 2.11. The Morgan fingerprint density at radius 3 is 2.81 bits per heavy atom. The summed E-state index contributed by atoms with van der Waals surface area (Å²) in [5.74, 6) is 0.00737. The van der Waals surface area contributed by atoms with Crippen LogP contribution < -0.4 is 15.4 Å². The van der Waals surface area contributed by atoms with Gasteiger partial charge < -0.3 is 15.4 Å². The zero-order valence-corrected chi connectivity index (χ0v) is 12.4. The van der Waals surface area contributed by atoms with E-state index in [0.29, 0.717) is 5.69 Å². The number of nitro groups is 1. The van der Waals surface area contributed by atoms with Crippen molar-refractivity contribution < 1.29 is 14.5 Å². The minimum atomic E-state index is -0.534. The van der Waals surface area contributed by atoms with E-state index < -0.39 is 4.92 Å². The van der Waals surface area contributed by atoms with E-state index in [9.17, 15) is 14.9 Å². The predicted molar refractivity (Wildman–Crippen MR) is 81.2 cm³/mol. The molecule has 1 atom stereocenters. The van der Waals surface area contributed by atoms with Gasteiger partial charge in [0.25, 0.3) is 0 Å². The molecule has 0 spiro atoms. The van der Waals surface area contributed by atoms with Crippen LogP contribution in [0.5, 0.6) is 5.75 Å². The first-order valence-electron chi connectivity index (χ1n) is 6.48. The Balaban J connectivity index is 0.00000220. The van der Waals surface area contributed by atoms with Crippen molar-refractivity contribution in [1.82, 2.24) is 5.32 Å². The first-order chi connectivity index (χ1) is 9.61. The van der Waals surface area contributed by atoms with Crippen LogP contribution in [-0.2, 0) is 4.79 Å². The minimum Gasteiger partial charge on any atom is -0.490 e. The zero-order chi connectivity index (χ0) is 14.5. The second-order valence-electron chi connectivity index (χ2n) is 4.64. The Hall–Kier alpha value is -1.86. The zero-order valence-electron chi connectivity index (χ0n) is 11.6. The number of benzene rings is 1. The first kappa shape index (κ1) is 17.2. The number of nitro benzene ring substituents is 1. The Morgan fingerprint density at radius 2 is 2.24 bits per heavy atom. The lowest BCUT2D eigenvalue weighted by atomic mass is 10.0. The fourth-order valence-electron chi connectivity index (χ4n) is 2.22. The second-order valence-corrected chi connectivity index (χ2v) is 4.64. The summed E-state index contributed by atoms with van der Waals surface area (Å²) in [5.41, 5.74) is 0.233. The maximum Gasteiger partial charge on any atom is 0.312 e. The highest BCUT2D eigenvalue weighted by molar-refractivity contribution is 5.95. The standard InChI is InChI=1S/C13H17N3O4.ClH/c1-20-12-6-5-9(8-11(12)16(18)19)15-13(17)10-4-2-3-7-14-10;/h5-6,8,10,14H,2-4,7H2,1H3,(H,15,17);1H. The van der Waals surface area contributed by atoms with E-state index in [-0.39, 0.29) is 35.8 Å². The van der Waals surface area contributed by atoms with Gasteiger partial charge in [-0.3, -0.25) is 14.9 Å². The number of nitrogens with zero attached hydrogens (tertiary/aromatic N) is 1. The van der Waals surface area contributed by atoms with Gasteiger partial charge in [-0.25, -0.2) is 0 Å². The van der Waals surface area contributed by atoms with E-state index in [1.807, 2.05) is 0 Å². The second kappa shape index (κ2) is 7.80. The normalized spacial score (nSPS) is 17.5. The number of piperidine rings is 1. The number of carbonyl (C=O) groups is 1. The highest BCUT2D eigenvalue weighted by atomic mass is 35.5. The van der Waals surface area contributed by atoms with Gasteiger partial charge in [-0.2, -0.15) is 0 Å². The van der Waals surface area contributed by atoms with Gasteiger partial charge in [0.1, 0.15) is 0 Å².